The normalized spacial score (nSPS) is 10.5. The van der Waals surface area contributed by atoms with Gasteiger partial charge in [-0.2, -0.15) is 5.10 Å². The van der Waals surface area contributed by atoms with Crippen molar-refractivity contribution in [1.82, 2.24) is 10.2 Å². The maximum absolute atomic E-state index is 10.9. The average Bonchev–Trinajstić information content (AvgIpc) is 2.87. The van der Waals surface area contributed by atoms with E-state index in [-0.39, 0.29) is 5.69 Å². The van der Waals surface area contributed by atoms with E-state index in [0.29, 0.717) is 22.0 Å². The Morgan fingerprint density at radius 1 is 1.47 bits per heavy atom. The molecule has 0 spiro atoms. The number of nitrogens with zero attached hydrogens (tertiary/aromatic N) is 1. The first-order valence-corrected chi connectivity index (χ1v) is 6.10. The van der Waals surface area contributed by atoms with Gasteiger partial charge >= 0.3 is 5.97 Å². The van der Waals surface area contributed by atoms with Crippen molar-refractivity contribution in [3.63, 3.8) is 0 Å². The third kappa shape index (κ3) is 2.56. The molecule has 0 bridgehead atoms. The summed E-state index contributed by atoms with van der Waals surface area (Å²) in [5, 5.41) is 15.8. The Morgan fingerprint density at radius 3 is 2.74 bits per heavy atom. The molecule has 5 nitrogen and oxygen atoms in total. The maximum Gasteiger partial charge on any atom is 0.353 e. The molecule has 0 amide bonds. The van der Waals surface area contributed by atoms with Crippen LogP contribution in [0.5, 0.6) is 5.75 Å². The number of benzene rings is 1. The van der Waals surface area contributed by atoms with Gasteiger partial charge in [-0.15, -0.1) is 0 Å². The van der Waals surface area contributed by atoms with E-state index in [2.05, 4.69) is 10.2 Å². The number of carboxylic acid groups (broad SMARTS) is 1. The molecule has 1 aromatic heterocycles. The van der Waals surface area contributed by atoms with Crippen molar-refractivity contribution >= 4 is 17.6 Å². The SMILES string of the molecule is CCc1cc(Cl)c(OC)c(-c2cc(C(=O)O)[nH]n2)c1. The third-order valence-corrected chi connectivity index (χ3v) is 3.08. The van der Waals surface area contributed by atoms with Crippen LogP contribution in [0.3, 0.4) is 0 Å². The van der Waals surface area contributed by atoms with Gasteiger partial charge in [-0.1, -0.05) is 18.5 Å². The standard InChI is InChI=1S/C13H13ClN2O3/c1-3-7-4-8(12(19-2)9(14)5-7)10-6-11(13(17)18)16-15-10/h4-6H,3H2,1-2H3,(H,15,16)(H,17,18). The van der Waals surface area contributed by atoms with Crippen LogP contribution in [0.1, 0.15) is 23.0 Å². The first-order valence-electron chi connectivity index (χ1n) is 5.72. The molecule has 100 valence electrons. The molecule has 0 aliphatic rings. The van der Waals surface area contributed by atoms with Gasteiger partial charge in [0.2, 0.25) is 0 Å². The van der Waals surface area contributed by atoms with Crippen molar-refractivity contribution in [3.05, 3.63) is 34.5 Å². The van der Waals surface area contributed by atoms with E-state index >= 15 is 0 Å². The minimum Gasteiger partial charge on any atom is -0.494 e. The Balaban J connectivity index is 2.58. The molecule has 0 unspecified atom stereocenters. The number of hydrogen-bond donors (Lipinski definition) is 2. The van der Waals surface area contributed by atoms with E-state index in [0.717, 1.165) is 12.0 Å². The molecule has 0 aliphatic heterocycles. The lowest BCUT2D eigenvalue weighted by Gasteiger charge is -2.10. The molecule has 0 saturated heterocycles. The number of hydrogen-bond acceptors (Lipinski definition) is 3. The molecule has 0 aliphatic carbocycles. The Kier molecular flexibility index (Phi) is 3.76. The summed E-state index contributed by atoms with van der Waals surface area (Å²) >= 11 is 6.15. The number of aromatic nitrogens is 2. The maximum atomic E-state index is 10.9. The molecule has 19 heavy (non-hydrogen) atoms. The largest absolute Gasteiger partial charge is 0.494 e. The van der Waals surface area contributed by atoms with Crippen LogP contribution >= 0.6 is 11.6 Å². The number of carboxylic acids is 1. The summed E-state index contributed by atoms with van der Waals surface area (Å²) in [6, 6.07) is 5.18. The number of aromatic carboxylic acids is 1. The van der Waals surface area contributed by atoms with Crippen molar-refractivity contribution in [2.75, 3.05) is 7.11 Å². The fourth-order valence-electron chi connectivity index (χ4n) is 1.82. The van der Waals surface area contributed by atoms with Gasteiger partial charge in [-0.25, -0.2) is 4.79 Å². The number of rotatable bonds is 4. The van der Waals surface area contributed by atoms with Gasteiger partial charge in [0.1, 0.15) is 11.4 Å². The molecule has 2 N–H and O–H groups in total. The third-order valence-electron chi connectivity index (χ3n) is 2.80. The van der Waals surface area contributed by atoms with Crippen molar-refractivity contribution in [1.29, 1.82) is 0 Å². The van der Waals surface area contributed by atoms with Gasteiger partial charge in [0.25, 0.3) is 0 Å². The monoisotopic (exact) mass is 280 g/mol. The van der Waals surface area contributed by atoms with E-state index in [9.17, 15) is 4.79 Å². The molecule has 2 rings (SSSR count). The predicted molar refractivity (Wildman–Crippen MR) is 71.9 cm³/mol. The van der Waals surface area contributed by atoms with E-state index in [1.54, 1.807) is 0 Å². The predicted octanol–water partition coefficient (Wildman–Crippen LogP) is 3.00. The number of nitrogens with one attached hydrogen (secondary N) is 1. The van der Waals surface area contributed by atoms with Gasteiger partial charge in [0.15, 0.2) is 0 Å². The van der Waals surface area contributed by atoms with Gasteiger partial charge in [-0.3, -0.25) is 5.10 Å². The Labute approximate surface area is 115 Å². The topological polar surface area (TPSA) is 75.2 Å². The summed E-state index contributed by atoms with van der Waals surface area (Å²) in [6.45, 7) is 2.01. The molecule has 1 aromatic carbocycles. The first kappa shape index (κ1) is 13.4. The number of H-pyrrole nitrogens is 1. The summed E-state index contributed by atoms with van der Waals surface area (Å²) in [5.74, 6) is -0.572. The zero-order chi connectivity index (χ0) is 14.0. The van der Waals surface area contributed by atoms with Crippen LogP contribution in [-0.4, -0.2) is 28.4 Å². The minimum atomic E-state index is -1.06. The lowest BCUT2D eigenvalue weighted by molar-refractivity contribution is 0.0690. The molecule has 0 saturated carbocycles. The van der Waals surface area contributed by atoms with Crippen molar-refractivity contribution < 1.29 is 14.6 Å². The van der Waals surface area contributed by atoms with E-state index in [1.165, 1.54) is 13.2 Å². The summed E-state index contributed by atoms with van der Waals surface area (Å²) in [6.07, 6.45) is 0.812. The van der Waals surface area contributed by atoms with Gasteiger partial charge in [0, 0.05) is 5.56 Å². The highest BCUT2D eigenvalue weighted by molar-refractivity contribution is 6.32. The highest BCUT2D eigenvalue weighted by Crippen LogP contribution is 2.36. The van der Waals surface area contributed by atoms with Crippen LogP contribution < -0.4 is 4.74 Å². The van der Waals surface area contributed by atoms with Gasteiger partial charge in [-0.05, 0) is 30.2 Å². The van der Waals surface area contributed by atoms with Crippen LogP contribution in [0.2, 0.25) is 5.02 Å². The van der Waals surface area contributed by atoms with Gasteiger partial charge < -0.3 is 9.84 Å². The summed E-state index contributed by atoms with van der Waals surface area (Å²) in [4.78, 5) is 10.9. The number of halogens is 1. The number of ether oxygens (including phenoxy) is 1. The van der Waals surface area contributed by atoms with Crippen LogP contribution in [0.4, 0.5) is 0 Å². The van der Waals surface area contributed by atoms with E-state index in [1.807, 2.05) is 19.1 Å². The highest BCUT2D eigenvalue weighted by Gasteiger charge is 2.16. The molecular formula is C13H13ClN2O3. The summed E-state index contributed by atoms with van der Waals surface area (Å²) < 4.78 is 5.27. The van der Waals surface area contributed by atoms with E-state index < -0.39 is 5.97 Å². The van der Waals surface area contributed by atoms with Crippen LogP contribution in [-0.2, 0) is 6.42 Å². The van der Waals surface area contributed by atoms with Crippen LogP contribution in [0, 0.1) is 0 Å². The molecule has 1 heterocycles. The molecule has 2 aromatic rings. The molecule has 6 heteroatoms. The number of methoxy groups -OCH3 is 1. The van der Waals surface area contributed by atoms with Crippen molar-refractivity contribution in [2.45, 2.75) is 13.3 Å². The molecular weight excluding hydrogens is 268 g/mol. The molecule has 0 atom stereocenters. The zero-order valence-electron chi connectivity index (χ0n) is 10.5. The van der Waals surface area contributed by atoms with Crippen molar-refractivity contribution in [3.8, 4) is 17.0 Å². The number of aryl methyl sites for hydroxylation is 1. The smallest absolute Gasteiger partial charge is 0.353 e. The second kappa shape index (κ2) is 5.32. The summed E-state index contributed by atoms with van der Waals surface area (Å²) in [5.41, 5.74) is 2.22. The summed E-state index contributed by atoms with van der Waals surface area (Å²) in [7, 11) is 1.51. The lowest BCUT2D eigenvalue weighted by Crippen LogP contribution is -1.95. The van der Waals surface area contributed by atoms with Crippen LogP contribution in [0.25, 0.3) is 11.3 Å². The Bertz CT molecular complexity index is 622. The first-order chi connectivity index (χ1) is 9.06. The lowest BCUT2D eigenvalue weighted by atomic mass is 10.0. The average molecular weight is 281 g/mol. The number of aromatic amines is 1. The quantitative estimate of drug-likeness (QED) is 0.903. The highest BCUT2D eigenvalue weighted by atomic mass is 35.5. The minimum absolute atomic E-state index is 0.0232. The zero-order valence-corrected chi connectivity index (χ0v) is 11.3. The fraction of sp³-hybridized carbons (Fsp3) is 0.231. The van der Waals surface area contributed by atoms with Gasteiger partial charge in [0.05, 0.1) is 17.8 Å². The van der Waals surface area contributed by atoms with Crippen molar-refractivity contribution in [2.24, 2.45) is 0 Å². The fourth-order valence-corrected chi connectivity index (χ4v) is 2.14. The molecule has 0 fully saturated rings. The molecule has 0 radical (unpaired) electrons. The van der Waals surface area contributed by atoms with Crippen LogP contribution in [0.15, 0.2) is 18.2 Å². The van der Waals surface area contributed by atoms with E-state index in [4.69, 9.17) is 21.4 Å². The second-order valence-electron chi connectivity index (χ2n) is 3.98. The second-order valence-corrected chi connectivity index (χ2v) is 4.39. The Hall–Kier alpha value is -2.01. The number of carbonyl (C=O) groups is 1. The Morgan fingerprint density at radius 2 is 2.21 bits per heavy atom.